The van der Waals surface area contributed by atoms with E-state index in [1.54, 1.807) is 24.3 Å². The van der Waals surface area contributed by atoms with E-state index in [2.05, 4.69) is 10.6 Å². The predicted octanol–water partition coefficient (Wildman–Crippen LogP) is 2.44. The molecule has 0 heterocycles. The van der Waals surface area contributed by atoms with Crippen LogP contribution >= 0.6 is 11.6 Å². The molecule has 3 N–H and O–H groups in total. The van der Waals surface area contributed by atoms with Crippen molar-refractivity contribution in [3.63, 3.8) is 0 Å². The van der Waals surface area contributed by atoms with Crippen molar-refractivity contribution in [2.45, 2.75) is 6.61 Å². The number of nitrogens with one attached hydrogen (secondary N) is 2. The minimum Gasteiger partial charge on any atom is -0.492 e. The number of anilines is 1. The third-order valence-electron chi connectivity index (χ3n) is 3.05. The van der Waals surface area contributed by atoms with E-state index in [9.17, 15) is 4.79 Å². The van der Waals surface area contributed by atoms with Gasteiger partial charge in [0.15, 0.2) is 0 Å². The first-order chi connectivity index (χ1) is 11.2. The molecule has 0 atom stereocenters. The number of hydrogen-bond donors (Lipinski definition) is 3. The highest BCUT2D eigenvalue weighted by Gasteiger charge is 2.02. The maximum absolute atomic E-state index is 11.7. The van der Waals surface area contributed by atoms with Crippen LogP contribution in [0.2, 0.25) is 5.02 Å². The maximum atomic E-state index is 11.7. The molecule has 0 aliphatic rings. The van der Waals surface area contributed by atoms with E-state index in [4.69, 9.17) is 21.4 Å². The van der Waals surface area contributed by atoms with Gasteiger partial charge >= 0.3 is 0 Å². The molecule has 2 aromatic rings. The summed E-state index contributed by atoms with van der Waals surface area (Å²) >= 11 is 5.86. The Hall–Kier alpha value is -2.24. The van der Waals surface area contributed by atoms with Crippen molar-refractivity contribution in [2.75, 3.05) is 25.0 Å². The summed E-state index contributed by atoms with van der Waals surface area (Å²) in [4.78, 5) is 11.7. The third kappa shape index (κ3) is 6.18. The second kappa shape index (κ2) is 9.02. The summed E-state index contributed by atoms with van der Waals surface area (Å²) in [6.07, 6.45) is 0. The van der Waals surface area contributed by atoms with Gasteiger partial charge in [-0.2, -0.15) is 0 Å². The number of rotatable bonds is 8. The highest BCUT2D eigenvalue weighted by atomic mass is 35.5. The van der Waals surface area contributed by atoms with E-state index in [1.165, 1.54) is 0 Å². The van der Waals surface area contributed by atoms with Gasteiger partial charge in [0.1, 0.15) is 12.4 Å². The molecule has 1 amide bonds. The molecule has 0 saturated carbocycles. The highest BCUT2D eigenvalue weighted by molar-refractivity contribution is 6.30. The number of benzene rings is 2. The van der Waals surface area contributed by atoms with E-state index in [-0.39, 0.29) is 19.1 Å². The number of aliphatic hydroxyl groups excluding tert-OH is 1. The lowest BCUT2D eigenvalue weighted by molar-refractivity contribution is -0.119. The SMILES string of the molecule is O=C(CNc1cccc(CO)c1)NCCOc1cccc(Cl)c1. The molecule has 0 radical (unpaired) electrons. The Labute approximate surface area is 140 Å². The molecule has 2 rings (SSSR count). The van der Waals surface area contributed by atoms with Gasteiger partial charge in [0.25, 0.3) is 0 Å². The molecule has 0 bridgehead atoms. The van der Waals surface area contributed by atoms with Crippen LogP contribution in [-0.4, -0.2) is 30.7 Å². The lowest BCUT2D eigenvalue weighted by Crippen LogP contribution is -2.33. The quantitative estimate of drug-likeness (QED) is 0.648. The van der Waals surface area contributed by atoms with E-state index in [0.717, 1.165) is 11.3 Å². The number of halogens is 1. The third-order valence-corrected chi connectivity index (χ3v) is 3.29. The predicted molar refractivity (Wildman–Crippen MR) is 90.8 cm³/mol. The van der Waals surface area contributed by atoms with Crippen molar-refractivity contribution >= 4 is 23.2 Å². The molecule has 5 nitrogen and oxygen atoms in total. The minimum atomic E-state index is -0.130. The monoisotopic (exact) mass is 334 g/mol. The molecular weight excluding hydrogens is 316 g/mol. The van der Waals surface area contributed by atoms with Crippen LogP contribution in [0.3, 0.4) is 0 Å². The summed E-state index contributed by atoms with van der Waals surface area (Å²) in [6.45, 7) is 0.907. The van der Waals surface area contributed by atoms with Crippen LogP contribution in [0, 0.1) is 0 Å². The summed E-state index contributed by atoms with van der Waals surface area (Å²) in [5.74, 6) is 0.541. The van der Waals surface area contributed by atoms with Gasteiger partial charge in [0.05, 0.1) is 19.7 Å². The van der Waals surface area contributed by atoms with Crippen LogP contribution in [0.25, 0.3) is 0 Å². The molecule has 6 heteroatoms. The molecule has 0 aromatic heterocycles. The van der Waals surface area contributed by atoms with E-state index < -0.39 is 0 Å². The van der Waals surface area contributed by atoms with Crippen LogP contribution in [0.15, 0.2) is 48.5 Å². The first kappa shape index (κ1) is 17.1. The number of aliphatic hydroxyl groups is 1. The van der Waals surface area contributed by atoms with Crippen molar-refractivity contribution in [1.29, 1.82) is 0 Å². The fraction of sp³-hybridized carbons (Fsp3) is 0.235. The molecular formula is C17H19ClN2O3. The fourth-order valence-corrected chi connectivity index (χ4v) is 2.12. The number of hydrogen-bond acceptors (Lipinski definition) is 4. The van der Waals surface area contributed by atoms with Gasteiger partial charge in [-0.25, -0.2) is 0 Å². The van der Waals surface area contributed by atoms with E-state index in [0.29, 0.717) is 23.9 Å². The minimum absolute atomic E-state index is 0.0252. The normalized spacial score (nSPS) is 10.2. The van der Waals surface area contributed by atoms with Gasteiger partial charge in [-0.1, -0.05) is 29.8 Å². The zero-order valence-electron chi connectivity index (χ0n) is 12.6. The van der Waals surface area contributed by atoms with E-state index >= 15 is 0 Å². The second-order valence-corrected chi connectivity index (χ2v) is 5.30. The van der Waals surface area contributed by atoms with Crippen LogP contribution in [0.4, 0.5) is 5.69 Å². The van der Waals surface area contributed by atoms with Crippen LogP contribution in [-0.2, 0) is 11.4 Å². The lowest BCUT2D eigenvalue weighted by Gasteiger charge is -2.10. The Balaban J connectivity index is 1.65. The molecule has 122 valence electrons. The van der Waals surface area contributed by atoms with Crippen molar-refractivity contribution < 1.29 is 14.6 Å². The van der Waals surface area contributed by atoms with Crippen molar-refractivity contribution in [3.8, 4) is 5.75 Å². The average Bonchev–Trinajstić information content (AvgIpc) is 2.57. The van der Waals surface area contributed by atoms with Crippen LogP contribution in [0.1, 0.15) is 5.56 Å². The number of ether oxygens (including phenoxy) is 1. The number of carbonyl (C=O) groups excluding carboxylic acids is 1. The van der Waals surface area contributed by atoms with Gasteiger partial charge in [-0.05, 0) is 35.9 Å². The topological polar surface area (TPSA) is 70.6 Å². The van der Waals surface area contributed by atoms with Crippen LogP contribution in [0.5, 0.6) is 5.75 Å². The summed E-state index contributed by atoms with van der Waals surface area (Å²) in [7, 11) is 0. The first-order valence-corrected chi connectivity index (χ1v) is 7.64. The molecule has 0 fully saturated rings. The Kier molecular flexibility index (Phi) is 6.72. The zero-order valence-corrected chi connectivity index (χ0v) is 13.3. The fourth-order valence-electron chi connectivity index (χ4n) is 1.94. The summed E-state index contributed by atoms with van der Waals surface area (Å²) < 4.78 is 5.48. The van der Waals surface area contributed by atoms with Crippen molar-refractivity contribution in [3.05, 3.63) is 59.1 Å². The lowest BCUT2D eigenvalue weighted by atomic mass is 10.2. The number of amides is 1. The smallest absolute Gasteiger partial charge is 0.239 e. The van der Waals surface area contributed by atoms with Gasteiger partial charge in [0, 0.05) is 10.7 Å². The molecule has 23 heavy (non-hydrogen) atoms. The first-order valence-electron chi connectivity index (χ1n) is 7.26. The Morgan fingerprint density at radius 2 is 2.00 bits per heavy atom. The Bertz CT molecular complexity index is 649. The van der Waals surface area contributed by atoms with Crippen molar-refractivity contribution in [1.82, 2.24) is 5.32 Å². The standard InChI is InChI=1S/C17H19ClN2O3/c18-14-4-2-6-16(10-14)23-8-7-19-17(22)11-20-15-5-1-3-13(9-15)12-21/h1-6,9-10,20-21H,7-8,11-12H2,(H,19,22). The summed E-state index contributed by atoms with van der Waals surface area (Å²) in [6, 6.07) is 14.4. The summed E-state index contributed by atoms with van der Waals surface area (Å²) in [5.41, 5.74) is 1.59. The number of carbonyl (C=O) groups is 1. The summed E-state index contributed by atoms with van der Waals surface area (Å²) in [5, 5.41) is 15.4. The Morgan fingerprint density at radius 1 is 1.17 bits per heavy atom. The van der Waals surface area contributed by atoms with Gasteiger partial charge < -0.3 is 20.5 Å². The molecule has 0 aliphatic carbocycles. The molecule has 2 aromatic carbocycles. The van der Waals surface area contributed by atoms with Gasteiger partial charge in [-0.15, -0.1) is 0 Å². The van der Waals surface area contributed by atoms with Crippen molar-refractivity contribution in [2.24, 2.45) is 0 Å². The second-order valence-electron chi connectivity index (χ2n) is 4.87. The maximum Gasteiger partial charge on any atom is 0.239 e. The van der Waals surface area contributed by atoms with Gasteiger partial charge in [-0.3, -0.25) is 4.79 Å². The zero-order chi connectivity index (χ0) is 16.5. The Morgan fingerprint density at radius 3 is 2.78 bits per heavy atom. The molecule has 0 saturated heterocycles. The highest BCUT2D eigenvalue weighted by Crippen LogP contribution is 2.16. The molecule has 0 unspecified atom stereocenters. The average molecular weight is 335 g/mol. The van der Waals surface area contributed by atoms with Gasteiger partial charge in [0.2, 0.25) is 5.91 Å². The van der Waals surface area contributed by atoms with Crippen LogP contribution < -0.4 is 15.4 Å². The molecule has 0 aliphatic heterocycles. The molecule has 0 spiro atoms. The van der Waals surface area contributed by atoms with E-state index in [1.807, 2.05) is 24.3 Å². The largest absolute Gasteiger partial charge is 0.492 e.